The third kappa shape index (κ3) is 3.21. The molecule has 7 nitrogen and oxygen atoms in total. The van der Waals surface area contributed by atoms with Gasteiger partial charge in [0.15, 0.2) is 0 Å². The lowest BCUT2D eigenvalue weighted by atomic mass is 10.2. The zero-order chi connectivity index (χ0) is 15.4. The first-order chi connectivity index (χ1) is 9.99. The van der Waals surface area contributed by atoms with Crippen molar-refractivity contribution in [3.63, 3.8) is 0 Å². The maximum atomic E-state index is 11.8. The molecule has 0 fully saturated rings. The fourth-order valence-corrected chi connectivity index (χ4v) is 1.62. The minimum absolute atomic E-state index is 0.00816. The van der Waals surface area contributed by atoms with E-state index < -0.39 is 22.3 Å². The van der Waals surface area contributed by atoms with Crippen molar-refractivity contribution in [2.75, 3.05) is 0 Å². The van der Waals surface area contributed by atoms with Crippen molar-refractivity contribution in [1.82, 2.24) is 0 Å². The summed E-state index contributed by atoms with van der Waals surface area (Å²) < 4.78 is 0. The second-order valence-corrected chi connectivity index (χ2v) is 4.05. The van der Waals surface area contributed by atoms with Crippen LogP contribution < -0.4 is 10.2 Å². The highest BCUT2D eigenvalue weighted by molar-refractivity contribution is 5.88. The Labute approximate surface area is 119 Å². The number of rotatable bonds is 4. The van der Waals surface area contributed by atoms with Gasteiger partial charge in [-0.15, -0.1) is 0 Å². The van der Waals surface area contributed by atoms with Crippen LogP contribution in [0.1, 0.15) is 15.9 Å². The average molecular weight is 284 g/mol. The van der Waals surface area contributed by atoms with E-state index in [9.17, 15) is 25.1 Å². The molecule has 7 heteroatoms. The Morgan fingerprint density at radius 2 is 1.81 bits per heavy atom. The fourth-order valence-electron chi connectivity index (χ4n) is 1.62. The van der Waals surface area contributed by atoms with Gasteiger partial charge in [-0.25, -0.2) is 0 Å². The van der Waals surface area contributed by atoms with Crippen molar-refractivity contribution in [3.8, 4) is 5.75 Å². The number of carbonyl (C=O) groups is 1. The summed E-state index contributed by atoms with van der Waals surface area (Å²) in [5.74, 6) is -2.02. The Hall–Kier alpha value is -3.22. The van der Waals surface area contributed by atoms with E-state index in [0.29, 0.717) is 5.69 Å². The fraction of sp³-hybridized carbons (Fsp3) is 0. The van der Waals surface area contributed by atoms with Crippen LogP contribution in [0.2, 0.25) is 0 Å². The number of nitrogens with zero attached hydrogens (tertiary/aromatic N) is 2. The van der Waals surface area contributed by atoms with Crippen LogP contribution in [0.3, 0.4) is 0 Å². The Kier molecular flexibility index (Phi) is 3.94. The summed E-state index contributed by atoms with van der Waals surface area (Å²) >= 11 is 0. The molecule has 2 rings (SSSR count). The van der Waals surface area contributed by atoms with E-state index in [4.69, 9.17) is 0 Å². The molecule has 0 aromatic heterocycles. The quantitative estimate of drug-likeness (QED) is 0.467. The van der Waals surface area contributed by atoms with Crippen molar-refractivity contribution in [2.45, 2.75) is 0 Å². The number of carboxylic acid groups (broad SMARTS) is 1. The van der Waals surface area contributed by atoms with E-state index in [1.807, 2.05) is 0 Å². The zero-order valence-electron chi connectivity index (χ0n) is 10.6. The first-order valence-electron chi connectivity index (χ1n) is 5.79. The molecule has 106 valence electrons. The number of hydrogen-bond acceptors (Lipinski definition) is 6. The summed E-state index contributed by atoms with van der Waals surface area (Å²) in [7, 11) is 0. The summed E-state index contributed by atoms with van der Waals surface area (Å²) in [6.45, 7) is 0. The van der Waals surface area contributed by atoms with E-state index in [2.05, 4.69) is 4.99 Å². The molecule has 0 spiro atoms. The molecule has 0 aliphatic rings. The molecule has 0 radical (unpaired) electrons. The van der Waals surface area contributed by atoms with Gasteiger partial charge in [0.1, 0.15) is 0 Å². The molecular weight excluding hydrogens is 276 g/mol. The SMILES string of the molecule is O=C([O-])c1ccc(N=Cc2cccc([N+](=O)[O-])c2[O-])cc1. The summed E-state index contributed by atoms with van der Waals surface area (Å²) in [5, 5.41) is 33.0. The number of benzene rings is 2. The van der Waals surface area contributed by atoms with Crippen LogP contribution in [0.25, 0.3) is 0 Å². The number of hydrogen-bond donors (Lipinski definition) is 0. The number of aliphatic imine (C=N–C) groups is 1. The predicted molar refractivity (Wildman–Crippen MR) is 70.6 cm³/mol. The van der Waals surface area contributed by atoms with Crippen molar-refractivity contribution in [3.05, 3.63) is 63.7 Å². The number of para-hydroxylation sites is 1. The maximum absolute atomic E-state index is 11.8. The summed E-state index contributed by atoms with van der Waals surface area (Å²) in [6, 6.07) is 9.41. The van der Waals surface area contributed by atoms with Gasteiger partial charge in [-0.2, -0.15) is 0 Å². The maximum Gasteiger partial charge on any atom is 0.262 e. The van der Waals surface area contributed by atoms with Crippen LogP contribution in [0.4, 0.5) is 11.4 Å². The van der Waals surface area contributed by atoms with Gasteiger partial charge in [-0.3, -0.25) is 15.1 Å². The van der Waals surface area contributed by atoms with Crippen LogP contribution in [-0.4, -0.2) is 17.1 Å². The number of nitro groups is 1. The second-order valence-electron chi connectivity index (χ2n) is 4.05. The predicted octanol–water partition coefficient (Wildman–Crippen LogP) is 0.782. The summed E-state index contributed by atoms with van der Waals surface area (Å²) in [5.41, 5.74) is -0.0286. The molecule has 2 aromatic carbocycles. The number of aromatic carboxylic acids is 1. The molecule has 0 amide bonds. The first-order valence-corrected chi connectivity index (χ1v) is 5.79. The molecule has 0 unspecified atom stereocenters. The van der Waals surface area contributed by atoms with Crippen molar-refractivity contribution in [2.24, 2.45) is 4.99 Å². The molecule has 0 saturated heterocycles. The van der Waals surface area contributed by atoms with Crippen LogP contribution in [-0.2, 0) is 0 Å². The van der Waals surface area contributed by atoms with Crippen LogP contribution in [0, 0.1) is 10.1 Å². The second kappa shape index (κ2) is 5.83. The van der Waals surface area contributed by atoms with Gasteiger partial charge in [-0.1, -0.05) is 24.3 Å². The first kappa shape index (κ1) is 14.2. The van der Waals surface area contributed by atoms with Gasteiger partial charge in [0.25, 0.3) is 5.69 Å². The van der Waals surface area contributed by atoms with Gasteiger partial charge >= 0.3 is 0 Å². The van der Waals surface area contributed by atoms with E-state index in [0.717, 1.165) is 6.07 Å². The smallest absolute Gasteiger partial charge is 0.262 e. The lowest BCUT2D eigenvalue weighted by Gasteiger charge is -2.09. The van der Waals surface area contributed by atoms with E-state index in [1.165, 1.54) is 42.6 Å². The normalized spacial score (nSPS) is 10.7. The van der Waals surface area contributed by atoms with Gasteiger partial charge in [0.05, 0.1) is 16.6 Å². The lowest BCUT2D eigenvalue weighted by Crippen LogP contribution is -2.21. The minimum atomic E-state index is -1.30. The molecule has 0 aliphatic heterocycles. The van der Waals surface area contributed by atoms with Crippen LogP contribution >= 0.6 is 0 Å². The van der Waals surface area contributed by atoms with E-state index in [-0.39, 0.29) is 11.1 Å². The lowest BCUT2D eigenvalue weighted by molar-refractivity contribution is -0.398. The minimum Gasteiger partial charge on any atom is -0.867 e. The van der Waals surface area contributed by atoms with Crippen molar-refractivity contribution in [1.29, 1.82) is 0 Å². The molecule has 0 heterocycles. The molecule has 21 heavy (non-hydrogen) atoms. The number of nitro benzene ring substituents is 1. The molecule has 0 bridgehead atoms. The zero-order valence-corrected chi connectivity index (χ0v) is 10.6. The van der Waals surface area contributed by atoms with Crippen molar-refractivity contribution < 1.29 is 19.9 Å². The molecule has 0 atom stereocenters. The molecule has 0 aliphatic carbocycles. The Morgan fingerprint density at radius 1 is 1.14 bits per heavy atom. The Morgan fingerprint density at radius 3 is 2.38 bits per heavy atom. The monoisotopic (exact) mass is 284 g/mol. The number of carboxylic acids is 1. The third-order valence-corrected chi connectivity index (χ3v) is 2.68. The summed E-state index contributed by atoms with van der Waals surface area (Å²) in [6.07, 6.45) is 1.20. The standard InChI is InChI=1S/C14H10N2O5/c17-13-10(2-1-3-12(13)16(20)21)8-15-11-6-4-9(5-7-11)14(18)19/h1-8,17H,(H,18,19)/p-2. The van der Waals surface area contributed by atoms with Gasteiger partial charge in [0, 0.05) is 12.3 Å². The third-order valence-electron chi connectivity index (χ3n) is 2.68. The van der Waals surface area contributed by atoms with Gasteiger partial charge < -0.3 is 15.0 Å². The molecule has 2 aromatic rings. The largest absolute Gasteiger partial charge is 0.867 e. The van der Waals surface area contributed by atoms with Gasteiger partial charge in [-0.05, 0) is 29.0 Å². The highest BCUT2D eigenvalue weighted by Crippen LogP contribution is 2.25. The molecule has 0 saturated carbocycles. The van der Waals surface area contributed by atoms with Crippen LogP contribution in [0.15, 0.2) is 47.5 Å². The molecule has 0 N–H and O–H groups in total. The van der Waals surface area contributed by atoms with Crippen molar-refractivity contribution >= 4 is 23.6 Å². The van der Waals surface area contributed by atoms with E-state index >= 15 is 0 Å². The highest BCUT2D eigenvalue weighted by atomic mass is 16.6. The van der Waals surface area contributed by atoms with E-state index in [1.54, 1.807) is 0 Å². The molecular formula is C14H8N2O5-2. The summed E-state index contributed by atoms with van der Waals surface area (Å²) in [4.78, 5) is 24.5. The Bertz CT molecular complexity index is 723. The highest BCUT2D eigenvalue weighted by Gasteiger charge is 2.07. The average Bonchev–Trinajstić information content (AvgIpc) is 2.46. The number of carbonyl (C=O) groups excluding carboxylic acids is 1. The topological polar surface area (TPSA) is 119 Å². The Balaban J connectivity index is 2.27. The van der Waals surface area contributed by atoms with Crippen LogP contribution in [0.5, 0.6) is 5.75 Å². The van der Waals surface area contributed by atoms with Gasteiger partial charge in [0.2, 0.25) is 0 Å².